The second-order valence-corrected chi connectivity index (χ2v) is 8.60. The Hall–Kier alpha value is -1.69. The highest BCUT2D eigenvalue weighted by Crippen LogP contribution is 2.32. The summed E-state index contributed by atoms with van der Waals surface area (Å²) >= 11 is 1.53. The van der Waals surface area contributed by atoms with E-state index in [0.717, 1.165) is 42.3 Å². The summed E-state index contributed by atoms with van der Waals surface area (Å²) in [6.07, 6.45) is 8.16. The van der Waals surface area contributed by atoms with Crippen molar-refractivity contribution in [3.05, 3.63) is 24.0 Å². The zero-order valence-corrected chi connectivity index (χ0v) is 15.9. The zero-order valence-electron chi connectivity index (χ0n) is 15.0. The highest BCUT2D eigenvalue weighted by molar-refractivity contribution is 7.22. The Balaban J connectivity index is 1.30. The molecule has 4 nitrogen and oxygen atoms in total. The van der Waals surface area contributed by atoms with Crippen molar-refractivity contribution in [3.8, 4) is 0 Å². The Morgan fingerprint density at radius 3 is 2.69 bits per heavy atom. The van der Waals surface area contributed by atoms with Gasteiger partial charge in [-0.25, -0.2) is 9.37 Å². The summed E-state index contributed by atoms with van der Waals surface area (Å²) in [5.41, 5.74) is 0.458. The summed E-state index contributed by atoms with van der Waals surface area (Å²) in [5, 5.41) is 4.05. The maximum absolute atomic E-state index is 13.8. The van der Waals surface area contributed by atoms with Crippen molar-refractivity contribution in [1.82, 2.24) is 10.3 Å². The minimum Gasteiger partial charge on any atom is -0.356 e. The molecule has 1 N–H and O–H groups in total. The van der Waals surface area contributed by atoms with Gasteiger partial charge >= 0.3 is 0 Å². The van der Waals surface area contributed by atoms with Crippen molar-refractivity contribution < 1.29 is 9.18 Å². The molecule has 1 aliphatic carbocycles. The second kappa shape index (κ2) is 7.91. The fourth-order valence-corrected chi connectivity index (χ4v) is 5.18. The van der Waals surface area contributed by atoms with E-state index >= 15 is 0 Å². The topological polar surface area (TPSA) is 45.2 Å². The molecule has 26 heavy (non-hydrogen) atoms. The number of nitrogens with one attached hydrogen (secondary N) is 1. The number of carbonyl (C=O) groups is 1. The van der Waals surface area contributed by atoms with Crippen molar-refractivity contribution in [2.75, 3.05) is 24.5 Å². The smallest absolute Gasteiger partial charge is 0.223 e. The van der Waals surface area contributed by atoms with E-state index in [0.29, 0.717) is 11.4 Å². The minimum atomic E-state index is -0.262. The third-order valence-electron chi connectivity index (χ3n) is 5.78. The Morgan fingerprint density at radius 1 is 1.19 bits per heavy atom. The molecule has 1 saturated heterocycles. The molecule has 1 saturated carbocycles. The molecule has 1 aromatic carbocycles. The lowest BCUT2D eigenvalue weighted by Crippen LogP contribution is -2.41. The number of halogens is 1. The van der Waals surface area contributed by atoms with Crippen LogP contribution in [0.4, 0.5) is 9.52 Å². The van der Waals surface area contributed by atoms with Crippen LogP contribution in [-0.4, -0.2) is 30.5 Å². The van der Waals surface area contributed by atoms with E-state index in [4.69, 9.17) is 0 Å². The molecule has 1 amide bonds. The molecular weight excluding hydrogens is 349 g/mol. The van der Waals surface area contributed by atoms with Gasteiger partial charge in [0.15, 0.2) is 5.13 Å². The van der Waals surface area contributed by atoms with Crippen LogP contribution in [0.3, 0.4) is 0 Å². The number of piperidine rings is 1. The Labute approximate surface area is 157 Å². The molecule has 1 aromatic heterocycles. The minimum absolute atomic E-state index is 0.0981. The van der Waals surface area contributed by atoms with Gasteiger partial charge in [0.05, 0.1) is 4.70 Å². The predicted octanol–water partition coefficient (Wildman–Crippen LogP) is 4.35. The third-order valence-corrected chi connectivity index (χ3v) is 6.87. The normalized spacial score (nSPS) is 19.8. The van der Waals surface area contributed by atoms with E-state index < -0.39 is 0 Å². The number of nitrogens with zero attached hydrogens (tertiary/aromatic N) is 2. The average Bonchev–Trinajstić information content (AvgIpc) is 3.13. The van der Waals surface area contributed by atoms with Crippen molar-refractivity contribution in [1.29, 1.82) is 0 Å². The fourth-order valence-electron chi connectivity index (χ4n) is 4.15. The quantitative estimate of drug-likeness (QED) is 0.864. The van der Waals surface area contributed by atoms with Crippen LogP contribution in [0.15, 0.2) is 18.2 Å². The third kappa shape index (κ3) is 3.85. The first kappa shape index (κ1) is 17.7. The molecule has 2 heterocycles. The van der Waals surface area contributed by atoms with E-state index in [1.807, 2.05) is 6.07 Å². The van der Waals surface area contributed by atoms with Crippen LogP contribution in [0.5, 0.6) is 0 Å². The summed E-state index contributed by atoms with van der Waals surface area (Å²) in [6, 6.07) is 5.09. The first-order chi connectivity index (χ1) is 12.7. The van der Waals surface area contributed by atoms with Gasteiger partial charge in [0.2, 0.25) is 5.91 Å². The number of hydrogen-bond donors (Lipinski definition) is 1. The maximum Gasteiger partial charge on any atom is 0.223 e. The highest BCUT2D eigenvalue weighted by Gasteiger charge is 2.27. The van der Waals surface area contributed by atoms with Crippen molar-refractivity contribution in [2.24, 2.45) is 11.8 Å². The molecule has 2 aliphatic rings. The number of amides is 1. The van der Waals surface area contributed by atoms with E-state index in [1.54, 1.807) is 6.07 Å². The van der Waals surface area contributed by atoms with Crippen LogP contribution in [0.2, 0.25) is 0 Å². The first-order valence-electron chi connectivity index (χ1n) is 9.78. The van der Waals surface area contributed by atoms with Crippen LogP contribution in [0.25, 0.3) is 10.2 Å². The Kier molecular flexibility index (Phi) is 5.38. The molecule has 4 rings (SSSR count). The standard InChI is InChI=1S/C20H26FN3OS/c21-16-7-4-8-17-18(16)23-20(26-17)24-11-9-15(10-12-24)19(25)22-13-14-5-2-1-3-6-14/h4,7-8,14-15H,1-3,5-6,9-13H2,(H,22,25). The summed E-state index contributed by atoms with van der Waals surface area (Å²) < 4.78 is 14.7. The highest BCUT2D eigenvalue weighted by atomic mass is 32.1. The monoisotopic (exact) mass is 375 g/mol. The van der Waals surface area contributed by atoms with Crippen molar-refractivity contribution in [3.63, 3.8) is 0 Å². The van der Waals surface area contributed by atoms with Gasteiger partial charge in [0.25, 0.3) is 0 Å². The SMILES string of the molecule is O=C(NCC1CCCCC1)C1CCN(c2nc3c(F)cccc3s2)CC1. The number of rotatable bonds is 4. The number of carbonyl (C=O) groups excluding carboxylic acids is 1. The van der Waals surface area contributed by atoms with E-state index in [2.05, 4.69) is 15.2 Å². The molecule has 0 bridgehead atoms. The van der Waals surface area contributed by atoms with Gasteiger partial charge < -0.3 is 10.2 Å². The second-order valence-electron chi connectivity index (χ2n) is 7.59. The fraction of sp³-hybridized carbons (Fsp3) is 0.600. The van der Waals surface area contributed by atoms with E-state index in [9.17, 15) is 9.18 Å². The number of fused-ring (bicyclic) bond motifs is 1. The van der Waals surface area contributed by atoms with E-state index in [1.165, 1.54) is 49.5 Å². The lowest BCUT2D eigenvalue weighted by Gasteiger charge is -2.31. The van der Waals surface area contributed by atoms with Gasteiger partial charge in [0, 0.05) is 25.6 Å². The largest absolute Gasteiger partial charge is 0.356 e. The molecule has 2 aromatic rings. The molecule has 6 heteroatoms. The predicted molar refractivity (Wildman–Crippen MR) is 104 cm³/mol. The number of hydrogen-bond acceptors (Lipinski definition) is 4. The number of benzene rings is 1. The summed E-state index contributed by atoms with van der Waals surface area (Å²) in [7, 11) is 0. The van der Waals surface area contributed by atoms with Gasteiger partial charge in [0.1, 0.15) is 11.3 Å². The first-order valence-corrected chi connectivity index (χ1v) is 10.6. The number of para-hydroxylation sites is 1. The summed E-state index contributed by atoms with van der Waals surface area (Å²) in [5.74, 6) is 0.721. The molecule has 0 atom stereocenters. The number of anilines is 1. The molecule has 140 valence electrons. The van der Waals surface area contributed by atoms with Crippen molar-refractivity contribution in [2.45, 2.75) is 44.9 Å². The van der Waals surface area contributed by atoms with Crippen LogP contribution < -0.4 is 10.2 Å². The van der Waals surface area contributed by atoms with Crippen LogP contribution in [0, 0.1) is 17.7 Å². The number of aromatic nitrogens is 1. The van der Waals surface area contributed by atoms with Gasteiger partial charge in [-0.3, -0.25) is 4.79 Å². The molecule has 0 unspecified atom stereocenters. The van der Waals surface area contributed by atoms with Gasteiger partial charge in [-0.15, -0.1) is 0 Å². The molecule has 2 fully saturated rings. The zero-order chi connectivity index (χ0) is 17.9. The lowest BCUT2D eigenvalue weighted by atomic mass is 9.89. The molecule has 0 spiro atoms. The summed E-state index contributed by atoms with van der Waals surface area (Å²) in [6.45, 7) is 2.46. The maximum atomic E-state index is 13.8. The number of thiazole rings is 1. The Morgan fingerprint density at radius 2 is 1.96 bits per heavy atom. The van der Waals surface area contributed by atoms with Gasteiger partial charge in [-0.1, -0.05) is 36.7 Å². The Bertz CT molecular complexity index is 764. The van der Waals surface area contributed by atoms with Crippen LogP contribution in [0.1, 0.15) is 44.9 Å². The lowest BCUT2D eigenvalue weighted by molar-refractivity contribution is -0.125. The summed E-state index contributed by atoms with van der Waals surface area (Å²) in [4.78, 5) is 19.1. The molecule has 0 radical (unpaired) electrons. The van der Waals surface area contributed by atoms with Crippen molar-refractivity contribution >= 4 is 32.6 Å². The average molecular weight is 376 g/mol. The molecule has 1 aliphatic heterocycles. The van der Waals surface area contributed by atoms with Crippen LogP contribution >= 0.6 is 11.3 Å². The molecular formula is C20H26FN3OS. The van der Waals surface area contributed by atoms with Gasteiger partial charge in [-0.05, 0) is 43.7 Å². The van der Waals surface area contributed by atoms with Crippen LogP contribution in [-0.2, 0) is 4.79 Å². The van der Waals surface area contributed by atoms with Gasteiger partial charge in [-0.2, -0.15) is 0 Å². The van der Waals surface area contributed by atoms with E-state index in [-0.39, 0.29) is 17.6 Å².